The quantitative estimate of drug-likeness (QED) is 0.796. The smallest absolute Gasteiger partial charge is 0.245 e. The van der Waals surface area contributed by atoms with Crippen molar-refractivity contribution >= 4 is 5.91 Å². The first kappa shape index (κ1) is 13.8. The fourth-order valence-electron chi connectivity index (χ4n) is 2.61. The minimum atomic E-state index is -0.799. The van der Waals surface area contributed by atoms with Gasteiger partial charge in [-0.3, -0.25) is 4.79 Å². The van der Waals surface area contributed by atoms with Crippen LogP contribution in [0, 0.1) is 0 Å². The predicted molar refractivity (Wildman–Crippen MR) is 68.2 cm³/mol. The summed E-state index contributed by atoms with van der Waals surface area (Å²) in [7, 11) is 0. The van der Waals surface area contributed by atoms with Gasteiger partial charge in [-0.1, -0.05) is 6.92 Å². The van der Waals surface area contributed by atoms with Crippen molar-refractivity contribution in [3.63, 3.8) is 0 Å². The maximum absolute atomic E-state index is 12.4. The number of hydrogen-bond donors (Lipinski definition) is 1. The molecule has 0 aromatic heterocycles. The molecule has 2 N–H and O–H groups in total. The molecule has 0 spiro atoms. The van der Waals surface area contributed by atoms with Crippen LogP contribution >= 0.6 is 0 Å². The lowest BCUT2D eigenvalue weighted by molar-refractivity contribution is -0.141. The highest BCUT2D eigenvalue weighted by atomic mass is 16.5. The summed E-state index contributed by atoms with van der Waals surface area (Å²) in [5.41, 5.74) is 5.32. The van der Waals surface area contributed by atoms with Crippen LogP contribution in [-0.4, -0.2) is 55.4 Å². The van der Waals surface area contributed by atoms with Crippen LogP contribution in [0.1, 0.15) is 32.6 Å². The highest BCUT2D eigenvalue weighted by Crippen LogP contribution is 2.22. The zero-order chi connectivity index (χ0) is 13.0. The van der Waals surface area contributed by atoms with Crippen molar-refractivity contribution in [2.75, 3.05) is 32.9 Å². The number of nitrogens with two attached hydrogens (primary N) is 1. The van der Waals surface area contributed by atoms with E-state index in [-0.39, 0.29) is 12.0 Å². The molecule has 1 amide bonds. The molecule has 0 aliphatic carbocycles. The zero-order valence-electron chi connectivity index (χ0n) is 11.2. The lowest BCUT2D eigenvalue weighted by Gasteiger charge is -2.36. The molecule has 2 atom stereocenters. The second kappa shape index (κ2) is 5.99. The van der Waals surface area contributed by atoms with Gasteiger partial charge in [0.25, 0.3) is 0 Å². The Morgan fingerprint density at radius 3 is 3.11 bits per heavy atom. The molecule has 18 heavy (non-hydrogen) atoms. The van der Waals surface area contributed by atoms with Gasteiger partial charge >= 0.3 is 0 Å². The molecule has 0 bridgehead atoms. The zero-order valence-corrected chi connectivity index (χ0v) is 11.2. The van der Waals surface area contributed by atoms with Crippen molar-refractivity contribution in [1.29, 1.82) is 0 Å². The lowest BCUT2D eigenvalue weighted by Crippen LogP contribution is -2.58. The van der Waals surface area contributed by atoms with Gasteiger partial charge < -0.3 is 20.1 Å². The number of hydrogen-bond acceptors (Lipinski definition) is 4. The Balaban J connectivity index is 1.89. The van der Waals surface area contributed by atoms with Crippen molar-refractivity contribution in [3.8, 4) is 0 Å². The number of amides is 1. The van der Waals surface area contributed by atoms with Gasteiger partial charge in [-0.05, 0) is 25.7 Å². The summed E-state index contributed by atoms with van der Waals surface area (Å²) in [5.74, 6) is 0.0322. The van der Waals surface area contributed by atoms with E-state index in [4.69, 9.17) is 15.2 Å². The van der Waals surface area contributed by atoms with Crippen molar-refractivity contribution in [1.82, 2.24) is 4.90 Å². The topological polar surface area (TPSA) is 64.8 Å². The van der Waals surface area contributed by atoms with Crippen molar-refractivity contribution < 1.29 is 14.3 Å². The first-order valence-electron chi connectivity index (χ1n) is 6.93. The van der Waals surface area contributed by atoms with Gasteiger partial charge in [0, 0.05) is 26.3 Å². The molecular formula is C13H24N2O3. The fourth-order valence-corrected chi connectivity index (χ4v) is 2.61. The standard InChI is InChI=1S/C13H24N2O3/c1-2-7-18-11-4-3-6-15(9-11)12(16)13(14)5-8-17-10-13/h11H,2-10,14H2,1H3. The highest BCUT2D eigenvalue weighted by molar-refractivity contribution is 5.86. The van der Waals surface area contributed by atoms with Crippen LogP contribution < -0.4 is 5.73 Å². The maximum atomic E-state index is 12.4. The van der Waals surface area contributed by atoms with E-state index in [1.807, 2.05) is 4.90 Å². The lowest BCUT2D eigenvalue weighted by atomic mass is 9.96. The molecule has 0 aromatic carbocycles. The Bertz CT molecular complexity index is 290. The average molecular weight is 256 g/mol. The Morgan fingerprint density at radius 1 is 1.61 bits per heavy atom. The molecule has 0 saturated carbocycles. The monoisotopic (exact) mass is 256 g/mol. The SMILES string of the molecule is CCCOC1CCCN(C(=O)C2(N)CCOC2)C1. The van der Waals surface area contributed by atoms with Gasteiger partial charge in [-0.25, -0.2) is 0 Å². The van der Waals surface area contributed by atoms with Gasteiger partial charge in [-0.2, -0.15) is 0 Å². The van der Waals surface area contributed by atoms with Crippen LogP contribution in [0.4, 0.5) is 0 Å². The van der Waals surface area contributed by atoms with Crippen LogP contribution in [0.3, 0.4) is 0 Å². The van der Waals surface area contributed by atoms with Crippen molar-refractivity contribution in [2.24, 2.45) is 5.73 Å². The Labute approximate surface area is 109 Å². The normalized spacial score (nSPS) is 32.8. The van der Waals surface area contributed by atoms with E-state index in [9.17, 15) is 4.79 Å². The molecule has 104 valence electrons. The molecule has 2 heterocycles. The summed E-state index contributed by atoms with van der Waals surface area (Å²) in [6.45, 7) is 5.27. The number of nitrogens with zero attached hydrogens (tertiary/aromatic N) is 1. The van der Waals surface area contributed by atoms with E-state index in [1.165, 1.54) is 0 Å². The number of ether oxygens (including phenoxy) is 2. The summed E-state index contributed by atoms with van der Waals surface area (Å²) < 4.78 is 11.0. The van der Waals surface area contributed by atoms with Crippen LogP contribution in [0.2, 0.25) is 0 Å². The third kappa shape index (κ3) is 3.02. The minimum Gasteiger partial charge on any atom is -0.379 e. The second-order valence-electron chi connectivity index (χ2n) is 5.34. The molecule has 2 fully saturated rings. The third-order valence-corrected chi connectivity index (χ3v) is 3.70. The molecule has 2 rings (SSSR count). The number of likely N-dealkylation sites (tertiary alicyclic amines) is 1. The first-order chi connectivity index (χ1) is 8.65. The first-order valence-corrected chi connectivity index (χ1v) is 6.93. The Hall–Kier alpha value is -0.650. The number of piperidine rings is 1. The molecule has 2 aliphatic rings. The number of rotatable bonds is 4. The molecule has 5 nitrogen and oxygen atoms in total. The number of carbonyl (C=O) groups excluding carboxylic acids is 1. The molecule has 0 aromatic rings. The molecule has 0 radical (unpaired) electrons. The molecule has 2 saturated heterocycles. The maximum Gasteiger partial charge on any atom is 0.245 e. The van der Waals surface area contributed by atoms with Gasteiger partial charge in [0.05, 0.1) is 12.7 Å². The largest absolute Gasteiger partial charge is 0.379 e. The van der Waals surface area contributed by atoms with E-state index in [2.05, 4.69) is 6.92 Å². The molecular weight excluding hydrogens is 232 g/mol. The van der Waals surface area contributed by atoms with Crippen molar-refractivity contribution in [2.45, 2.75) is 44.2 Å². The van der Waals surface area contributed by atoms with E-state index in [0.29, 0.717) is 26.2 Å². The Kier molecular flexibility index (Phi) is 4.59. The van der Waals surface area contributed by atoms with Crippen molar-refractivity contribution in [3.05, 3.63) is 0 Å². The molecule has 2 aliphatic heterocycles. The van der Waals surface area contributed by atoms with Crippen LogP contribution in [0.25, 0.3) is 0 Å². The molecule has 5 heteroatoms. The minimum absolute atomic E-state index is 0.0322. The van der Waals surface area contributed by atoms with Crippen LogP contribution in [0.15, 0.2) is 0 Å². The summed E-state index contributed by atoms with van der Waals surface area (Å²) >= 11 is 0. The van der Waals surface area contributed by atoms with Gasteiger partial charge in [0.1, 0.15) is 5.54 Å². The van der Waals surface area contributed by atoms with E-state index >= 15 is 0 Å². The number of carbonyl (C=O) groups is 1. The summed E-state index contributed by atoms with van der Waals surface area (Å²) in [5, 5.41) is 0. The summed E-state index contributed by atoms with van der Waals surface area (Å²) in [4.78, 5) is 14.3. The van der Waals surface area contributed by atoms with Gasteiger partial charge in [0.2, 0.25) is 5.91 Å². The Morgan fingerprint density at radius 2 is 2.44 bits per heavy atom. The van der Waals surface area contributed by atoms with Crippen LogP contribution in [-0.2, 0) is 14.3 Å². The second-order valence-corrected chi connectivity index (χ2v) is 5.34. The summed E-state index contributed by atoms with van der Waals surface area (Å²) in [6.07, 6.45) is 3.85. The van der Waals surface area contributed by atoms with Gasteiger partial charge in [0.15, 0.2) is 0 Å². The molecule has 2 unspecified atom stereocenters. The fraction of sp³-hybridized carbons (Fsp3) is 0.923. The average Bonchev–Trinajstić information content (AvgIpc) is 2.84. The van der Waals surface area contributed by atoms with E-state index in [1.54, 1.807) is 0 Å². The van der Waals surface area contributed by atoms with Gasteiger partial charge in [-0.15, -0.1) is 0 Å². The predicted octanol–water partition coefficient (Wildman–Crippen LogP) is 0.522. The third-order valence-electron chi connectivity index (χ3n) is 3.70. The van der Waals surface area contributed by atoms with Crippen LogP contribution in [0.5, 0.6) is 0 Å². The van der Waals surface area contributed by atoms with E-state index in [0.717, 1.165) is 32.4 Å². The summed E-state index contributed by atoms with van der Waals surface area (Å²) in [6, 6.07) is 0. The van der Waals surface area contributed by atoms with E-state index < -0.39 is 5.54 Å². The highest BCUT2D eigenvalue weighted by Gasteiger charge is 2.42.